The van der Waals surface area contributed by atoms with Gasteiger partial charge in [-0.1, -0.05) is 18.5 Å². The Balaban J connectivity index is 1.86. The third kappa shape index (κ3) is 2.96. The van der Waals surface area contributed by atoms with Crippen molar-refractivity contribution in [3.63, 3.8) is 0 Å². The molecule has 1 atom stereocenters. The van der Waals surface area contributed by atoms with Crippen molar-refractivity contribution in [2.75, 3.05) is 7.11 Å². The highest BCUT2D eigenvalue weighted by molar-refractivity contribution is 6.31. The second-order valence-corrected chi connectivity index (χ2v) is 6.84. The Labute approximate surface area is 160 Å². The maximum absolute atomic E-state index is 14.1. The van der Waals surface area contributed by atoms with Crippen LogP contribution in [0.3, 0.4) is 0 Å². The van der Waals surface area contributed by atoms with Crippen molar-refractivity contribution < 1.29 is 9.13 Å². The van der Waals surface area contributed by atoms with Crippen LogP contribution in [-0.2, 0) is 7.05 Å². The first-order valence-electron chi connectivity index (χ1n) is 8.47. The highest BCUT2D eigenvalue weighted by Gasteiger charge is 2.23. The van der Waals surface area contributed by atoms with Crippen LogP contribution >= 0.6 is 11.6 Å². The first kappa shape index (κ1) is 17.5. The van der Waals surface area contributed by atoms with Crippen LogP contribution in [0.15, 0.2) is 43.0 Å². The minimum Gasteiger partial charge on any atom is -0.496 e. The zero-order valence-corrected chi connectivity index (χ0v) is 15.9. The maximum atomic E-state index is 14.1. The summed E-state index contributed by atoms with van der Waals surface area (Å²) in [6.45, 7) is 1.97. The number of hydrogen-bond donors (Lipinski definition) is 1. The van der Waals surface area contributed by atoms with E-state index in [-0.39, 0.29) is 10.9 Å². The first-order chi connectivity index (χ1) is 13.0. The number of aryl methyl sites for hydroxylation is 1. The van der Waals surface area contributed by atoms with E-state index in [1.807, 2.05) is 26.4 Å². The van der Waals surface area contributed by atoms with Crippen molar-refractivity contribution in [3.8, 4) is 16.9 Å². The summed E-state index contributed by atoms with van der Waals surface area (Å²) >= 11 is 6.28. The molecule has 1 N–H and O–H groups in total. The van der Waals surface area contributed by atoms with E-state index in [0.717, 1.165) is 27.7 Å². The van der Waals surface area contributed by atoms with Gasteiger partial charge in [-0.2, -0.15) is 5.10 Å². The predicted octanol–water partition coefficient (Wildman–Crippen LogP) is 4.92. The lowest BCUT2D eigenvalue weighted by atomic mass is 9.91. The molecule has 0 aliphatic heterocycles. The lowest BCUT2D eigenvalue weighted by molar-refractivity contribution is 0.407. The second kappa shape index (κ2) is 6.70. The van der Waals surface area contributed by atoms with Gasteiger partial charge in [0.25, 0.3) is 0 Å². The summed E-state index contributed by atoms with van der Waals surface area (Å²) in [5, 5.41) is 5.24. The molecule has 0 saturated heterocycles. The molecule has 0 amide bonds. The highest BCUT2D eigenvalue weighted by atomic mass is 35.5. The molecule has 7 heteroatoms. The third-order valence-corrected chi connectivity index (χ3v) is 5.20. The van der Waals surface area contributed by atoms with Gasteiger partial charge in [0.15, 0.2) is 0 Å². The van der Waals surface area contributed by atoms with Gasteiger partial charge < -0.3 is 9.72 Å². The van der Waals surface area contributed by atoms with Crippen molar-refractivity contribution in [1.29, 1.82) is 0 Å². The molecule has 0 aliphatic carbocycles. The van der Waals surface area contributed by atoms with Gasteiger partial charge in [0.05, 0.1) is 18.3 Å². The van der Waals surface area contributed by atoms with E-state index in [1.54, 1.807) is 30.3 Å². The summed E-state index contributed by atoms with van der Waals surface area (Å²) in [6.07, 6.45) is 7.42. The average Bonchev–Trinajstić information content (AvgIpc) is 3.29. The Kier molecular flexibility index (Phi) is 4.36. The van der Waals surface area contributed by atoms with Crippen molar-refractivity contribution in [1.82, 2.24) is 19.7 Å². The Morgan fingerprint density at radius 2 is 2.07 bits per heavy atom. The van der Waals surface area contributed by atoms with Crippen molar-refractivity contribution in [2.24, 2.45) is 7.05 Å². The molecular weight excluding hydrogens is 367 g/mol. The largest absolute Gasteiger partial charge is 0.496 e. The number of methoxy groups -OCH3 is 1. The number of ether oxygens (including phenoxy) is 1. The number of benzene rings is 1. The van der Waals surface area contributed by atoms with E-state index in [4.69, 9.17) is 16.3 Å². The second-order valence-electron chi connectivity index (χ2n) is 6.47. The number of H-pyrrole nitrogens is 1. The monoisotopic (exact) mass is 384 g/mol. The summed E-state index contributed by atoms with van der Waals surface area (Å²) in [4.78, 5) is 7.70. The fourth-order valence-corrected chi connectivity index (χ4v) is 3.72. The van der Waals surface area contributed by atoms with E-state index in [1.165, 1.54) is 6.07 Å². The number of hydrogen-bond acceptors (Lipinski definition) is 3. The van der Waals surface area contributed by atoms with Crippen LogP contribution in [0.1, 0.15) is 24.0 Å². The summed E-state index contributed by atoms with van der Waals surface area (Å²) in [5.41, 5.74) is 4.28. The topological polar surface area (TPSA) is 55.7 Å². The molecule has 5 nitrogen and oxygen atoms in total. The Bertz CT molecular complexity index is 1130. The van der Waals surface area contributed by atoms with Crippen LogP contribution in [0, 0.1) is 5.82 Å². The van der Waals surface area contributed by atoms with Gasteiger partial charge in [-0.15, -0.1) is 0 Å². The molecule has 3 heterocycles. The molecule has 0 bridgehead atoms. The van der Waals surface area contributed by atoms with Crippen LogP contribution in [0.4, 0.5) is 4.39 Å². The lowest BCUT2D eigenvalue weighted by Gasteiger charge is -2.17. The zero-order valence-electron chi connectivity index (χ0n) is 15.1. The highest BCUT2D eigenvalue weighted by Crippen LogP contribution is 2.40. The smallest absolute Gasteiger partial charge is 0.142 e. The molecule has 0 radical (unpaired) electrons. The van der Waals surface area contributed by atoms with Gasteiger partial charge >= 0.3 is 0 Å². The number of fused-ring (bicyclic) bond motifs is 1. The summed E-state index contributed by atoms with van der Waals surface area (Å²) in [7, 11) is 3.43. The van der Waals surface area contributed by atoms with E-state index >= 15 is 0 Å². The van der Waals surface area contributed by atoms with Gasteiger partial charge in [0, 0.05) is 53.6 Å². The lowest BCUT2D eigenvalue weighted by Crippen LogP contribution is -2.02. The SMILES string of the molecule is COc1ccc(F)c(Cl)c1[C@@H](C)c1c[nH]c2ncc(-c3cnn(C)c3)cc12. The molecule has 27 heavy (non-hydrogen) atoms. The van der Waals surface area contributed by atoms with Crippen molar-refractivity contribution in [3.05, 3.63) is 65.0 Å². The first-order valence-corrected chi connectivity index (χ1v) is 8.85. The van der Waals surface area contributed by atoms with Crippen LogP contribution < -0.4 is 4.74 Å². The molecule has 1 aromatic carbocycles. The molecule has 0 fully saturated rings. The molecule has 0 unspecified atom stereocenters. The third-order valence-electron chi connectivity index (χ3n) is 4.81. The van der Waals surface area contributed by atoms with E-state index in [9.17, 15) is 4.39 Å². The Morgan fingerprint density at radius 3 is 2.78 bits per heavy atom. The summed E-state index contributed by atoms with van der Waals surface area (Å²) in [6, 6.07) is 4.97. The van der Waals surface area contributed by atoms with E-state index in [0.29, 0.717) is 11.3 Å². The molecule has 0 saturated carbocycles. The Morgan fingerprint density at radius 1 is 1.26 bits per heavy atom. The predicted molar refractivity (Wildman–Crippen MR) is 104 cm³/mol. The average molecular weight is 385 g/mol. The summed E-state index contributed by atoms with van der Waals surface area (Å²) < 4.78 is 21.3. The van der Waals surface area contributed by atoms with Gasteiger partial charge in [-0.25, -0.2) is 9.37 Å². The number of nitrogens with one attached hydrogen (secondary N) is 1. The van der Waals surface area contributed by atoms with Gasteiger partial charge in [0.1, 0.15) is 17.2 Å². The quantitative estimate of drug-likeness (QED) is 0.543. The minimum atomic E-state index is -0.465. The van der Waals surface area contributed by atoms with Crippen molar-refractivity contribution >= 4 is 22.6 Å². The van der Waals surface area contributed by atoms with Gasteiger partial charge in [0.2, 0.25) is 0 Å². The van der Waals surface area contributed by atoms with Crippen LogP contribution in [-0.4, -0.2) is 26.9 Å². The fraction of sp³-hybridized carbons (Fsp3) is 0.200. The normalized spacial score (nSPS) is 12.5. The van der Waals surface area contributed by atoms with Gasteiger partial charge in [-0.05, 0) is 23.8 Å². The number of halogens is 2. The zero-order chi connectivity index (χ0) is 19.1. The molecule has 4 rings (SSSR count). The molecule has 0 aliphatic rings. The van der Waals surface area contributed by atoms with Crippen molar-refractivity contribution in [2.45, 2.75) is 12.8 Å². The fourth-order valence-electron chi connectivity index (χ4n) is 3.40. The maximum Gasteiger partial charge on any atom is 0.142 e. The molecular formula is C20H18ClFN4O. The van der Waals surface area contributed by atoms with E-state index < -0.39 is 5.82 Å². The molecule has 0 spiro atoms. The Hall–Kier alpha value is -2.86. The number of aromatic nitrogens is 4. The van der Waals surface area contributed by atoms with Crippen LogP contribution in [0.2, 0.25) is 5.02 Å². The molecule has 4 aromatic rings. The molecule has 138 valence electrons. The number of pyridine rings is 1. The number of aromatic amines is 1. The number of rotatable bonds is 4. The van der Waals surface area contributed by atoms with E-state index in [2.05, 4.69) is 21.1 Å². The van der Waals surface area contributed by atoms with Gasteiger partial charge in [-0.3, -0.25) is 4.68 Å². The standard InChI is InChI=1S/C20H18ClFN4O/c1-11(18-17(27-3)5-4-16(22)19(18)21)15-9-24-20-14(15)6-12(7-23-20)13-8-25-26(2)10-13/h4-11H,1-3H3,(H,23,24)/t11-/m0/s1. The summed E-state index contributed by atoms with van der Waals surface area (Å²) in [5.74, 6) is -0.101. The minimum absolute atomic E-state index is 0.0765. The number of nitrogens with zero attached hydrogens (tertiary/aromatic N) is 3. The van der Waals surface area contributed by atoms with Crippen LogP contribution in [0.25, 0.3) is 22.2 Å². The van der Waals surface area contributed by atoms with Crippen LogP contribution in [0.5, 0.6) is 5.75 Å². The molecule has 3 aromatic heterocycles.